The van der Waals surface area contributed by atoms with Crippen molar-refractivity contribution in [2.24, 2.45) is 5.73 Å². The Morgan fingerprint density at radius 1 is 1.08 bits per heavy atom. The van der Waals surface area contributed by atoms with Crippen LogP contribution >= 0.6 is 0 Å². The third-order valence-corrected chi connectivity index (χ3v) is 6.78. The predicted molar refractivity (Wildman–Crippen MR) is 138 cm³/mol. The summed E-state index contributed by atoms with van der Waals surface area (Å²) in [4.78, 5) is 34.3. The molecule has 4 heterocycles. The smallest absolute Gasteiger partial charge is 0.277 e. The molecule has 2 aromatic heterocycles. The number of hydrogen-bond acceptors (Lipinski definition) is 6. The Labute approximate surface area is 213 Å². The van der Waals surface area contributed by atoms with Gasteiger partial charge in [-0.25, -0.2) is 9.67 Å². The first-order valence-electron chi connectivity index (χ1n) is 12.2. The quantitative estimate of drug-likeness (QED) is 0.438. The molecule has 0 spiro atoms. The molecule has 6 rings (SSSR count). The number of hydrogen-bond donors (Lipinski definition) is 1. The van der Waals surface area contributed by atoms with Crippen LogP contribution in [0.4, 0.5) is 5.69 Å². The number of anilines is 1. The molecule has 0 atom stereocenters. The van der Waals surface area contributed by atoms with Crippen molar-refractivity contribution in [1.82, 2.24) is 24.2 Å². The molecule has 37 heavy (non-hydrogen) atoms. The molecule has 0 saturated heterocycles. The van der Waals surface area contributed by atoms with Gasteiger partial charge in [0.25, 0.3) is 11.8 Å². The molecule has 0 saturated carbocycles. The Morgan fingerprint density at radius 2 is 1.84 bits per heavy atom. The second kappa shape index (κ2) is 8.90. The highest BCUT2D eigenvalue weighted by atomic mass is 16.5. The minimum atomic E-state index is -0.640. The topological polar surface area (TPSA) is 112 Å². The van der Waals surface area contributed by atoms with Gasteiger partial charge in [0.05, 0.1) is 18.8 Å². The maximum absolute atomic E-state index is 13.8. The lowest BCUT2D eigenvalue weighted by Crippen LogP contribution is -2.39. The number of primary amides is 1. The summed E-state index contributed by atoms with van der Waals surface area (Å²) in [6.45, 7) is 1.76. The fraction of sp³-hybridized carbons (Fsp3) is 0.259. The number of nitrogens with zero attached hydrogens (tertiary/aromatic N) is 6. The van der Waals surface area contributed by atoms with E-state index in [-0.39, 0.29) is 11.6 Å². The number of benzene rings is 2. The lowest BCUT2D eigenvalue weighted by molar-refractivity contribution is 0.0972. The molecule has 0 radical (unpaired) electrons. The average molecular weight is 498 g/mol. The van der Waals surface area contributed by atoms with Gasteiger partial charge >= 0.3 is 0 Å². The van der Waals surface area contributed by atoms with E-state index >= 15 is 0 Å². The van der Waals surface area contributed by atoms with Crippen molar-refractivity contribution in [2.45, 2.75) is 19.4 Å². The zero-order chi connectivity index (χ0) is 25.7. The summed E-state index contributed by atoms with van der Waals surface area (Å²) < 4.78 is 9.20. The molecule has 10 nitrogen and oxygen atoms in total. The first-order valence-corrected chi connectivity index (χ1v) is 12.2. The van der Waals surface area contributed by atoms with E-state index in [0.717, 1.165) is 34.9 Å². The molecule has 0 fully saturated rings. The van der Waals surface area contributed by atoms with Crippen molar-refractivity contribution in [3.05, 3.63) is 83.2 Å². The molecular formula is C27H27N7O3. The van der Waals surface area contributed by atoms with E-state index < -0.39 is 5.91 Å². The van der Waals surface area contributed by atoms with Crippen LogP contribution in [0.5, 0.6) is 5.75 Å². The van der Waals surface area contributed by atoms with Crippen LogP contribution in [0.3, 0.4) is 0 Å². The van der Waals surface area contributed by atoms with Gasteiger partial charge < -0.3 is 24.8 Å². The summed E-state index contributed by atoms with van der Waals surface area (Å²) in [5.74, 6) is 0.902. The van der Waals surface area contributed by atoms with Crippen LogP contribution in [-0.2, 0) is 19.4 Å². The van der Waals surface area contributed by atoms with Crippen LogP contribution < -0.4 is 15.4 Å². The first kappa shape index (κ1) is 23.0. The molecule has 0 bridgehead atoms. The Kier molecular flexibility index (Phi) is 5.53. The fourth-order valence-electron chi connectivity index (χ4n) is 5.06. The van der Waals surface area contributed by atoms with Gasteiger partial charge in [-0.3, -0.25) is 9.59 Å². The van der Waals surface area contributed by atoms with E-state index in [0.29, 0.717) is 43.1 Å². The highest BCUT2D eigenvalue weighted by Gasteiger charge is 2.34. The van der Waals surface area contributed by atoms with Crippen molar-refractivity contribution < 1.29 is 14.3 Å². The molecule has 188 valence electrons. The molecule has 2 aliphatic rings. The summed E-state index contributed by atoms with van der Waals surface area (Å²) >= 11 is 0. The second-order valence-electron chi connectivity index (χ2n) is 9.52. The largest absolute Gasteiger partial charge is 0.493 e. The number of aromatic nitrogens is 4. The van der Waals surface area contributed by atoms with Crippen LogP contribution in [0.25, 0.3) is 11.4 Å². The number of rotatable bonds is 6. The second-order valence-corrected chi connectivity index (χ2v) is 9.52. The third-order valence-electron chi connectivity index (χ3n) is 6.78. The van der Waals surface area contributed by atoms with Gasteiger partial charge in [-0.15, -0.1) is 0 Å². The number of ether oxygens (including phenoxy) is 1. The van der Waals surface area contributed by atoms with E-state index in [9.17, 15) is 9.59 Å². The highest BCUT2D eigenvalue weighted by molar-refractivity contribution is 6.09. The van der Waals surface area contributed by atoms with Crippen LogP contribution in [0, 0.1) is 0 Å². The average Bonchev–Trinajstić information content (AvgIpc) is 3.62. The van der Waals surface area contributed by atoms with Crippen molar-refractivity contribution in [1.29, 1.82) is 0 Å². The minimum absolute atomic E-state index is 0.142. The SMILES string of the molecule is CN(C)Cc1nccn1-c1ccc(N2CCc3c(C(N)=O)nn(-c4ccc5c(c4)CCO5)c3C2=O)cc1. The molecule has 0 aliphatic carbocycles. The maximum atomic E-state index is 13.8. The van der Waals surface area contributed by atoms with Crippen molar-refractivity contribution in [3.8, 4) is 17.1 Å². The van der Waals surface area contributed by atoms with Crippen LogP contribution in [0.15, 0.2) is 54.9 Å². The van der Waals surface area contributed by atoms with Crippen molar-refractivity contribution >= 4 is 17.5 Å². The van der Waals surface area contributed by atoms with Crippen LogP contribution in [0.1, 0.15) is 37.9 Å². The zero-order valence-electron chi connectivity index (χ0n) is 20.7. The molecule has 2 aromatic carbocycles. The summed E-state index contributed by atoms with van der Waals surface area (Å²) in [5.41, 5.74) is 10.2. The number of carbonyl (C=O) groups is 2. The van der Waals surface area contributed by atoms with Crippen LogP contribution in [-0.4, -0.2) is 63.3 Å². The van der Waals surface area contributed by atoms with Crippen molar-refractivity contribution in [2.75, 3.05) is 32.1 Å². The lowest BCUT2D eigenvalue weighted by Gasteiger charge is -2.28. The van der Waals surface area contributed by atoms with Crippen LogP contribution in [0.2, 0.25) is 0 Å². The number of imidazole rings is 1. The summed E-state index contributed by atoms with van der Waals surface area (Å²) in [7, 11) is 4.01. The van der Waals surface area contributed by atoms with Gasteiger partial charge in [0, 0.05) is 42.3 Å². The molecular weight excluding hydrogens is 470 g/mol. The van der Waals surface area contributed by atoms with Gasteiger partial charge in [0.1, 0.15) is 17.3 Å². The predicted octanol–water partition coefficient (Wildman–Crippen LogP) is 2.36. The number of carbonyl (C=O) groups excluding carboxylic acids is 2. The van der Waals surface area contributed by atoms with Crippen molar-refractivity contribution in [3.63, 3.8) is 0 Å². The summed E-state index contributed by atoms with van der Waals surface area (Å²) in [5, 5.41) is 4.49. The Bertz CT molecular complexity index is 1520. The molecule has 4 aromatic rings. The van der Waals surface area contributed by atoms with E-state index in [1.165, 1.54) is 0 Å². The minimum Gasteiger partial charge on any atom is -0.493 e. The van der Waals surface area contributed by atoms with Gasteiger partial charge in [-0.1, -0.05) is 0 Å². The van der Waals surface area contributed by atoms with E-state index in [1.54, 1.807) is 15.8 Å². The van der Waals surface area contributed by atoms with Gasteiger partial charge in [0.2, 0.25) is 0 Å². The number of fused-ring (bicyclic) bond motifs is 2. The number of amides is 2. The molecule has 0 unspecified atom stereocenters. The van der Waals surface area contributed by atoms with E-state index in [1.807, 2.05) is 67.3 Å². The fourth-order valence-corrected chi connectivity index (χ4v) is 5.06. The first-order chi connectivity index (χ1) is 17.9. The normalized spacial score (nSPS) is 14.6. The lowest BCUT2D eigenvalue weighted by atomic mass is 10.0. The Morgan fingerprint density at radius 3 is 2.59 bits per heavy atom. The van der Waals surface area contributed by atoms with E-state index in [4.69, 9.17) is 10.5 Å². The number of nitrogens with two attached hydrogens (primary N) is 1. The summed E-state index contributed by atoms with van der Waals surface area (Å²) in [6, 6.07) is 13.5. The monoisotopic (exact) mass is 497 g/mol. The highest BCUT2D eigenvalue weighted by Crippen LogP contribution is 2.32. The summed E-state index contributed by atoms with van der Waals surface area (Å²) in [6.07, 6.45) is 4.97. The standard InChI is InChI=1S/C27H27N7O3/c1-31(2)16-23-29-11-13-32(23)18-3-5-19(6-4-18)33-12-9-21-24(26(28)35)30-34(25(21)27(33)36)20-7-8-22-17(15-20)10-14-37-22/h3-8,11,13,15H,9-10,12,14,16H2,1-2H3,(H2,28,35). The Hall–Kier alpha value is -4.44. The maximum Gasteiger partial charge on any atom is 0.277 e. The molecule has 2 aliphatic heterocycles. The molecule has 2 N–H and O–H groups in total. The Balaban J connectivity index is 1.35. The third kappa shape index (κ3) is 3.95. The van der Waals surface area contributed by atoms with Gasteiger partial charge in [0.15, 0.2) is 5.69 Å². The zero-order valence-corrected chi connectivity index (χ0v) is 20.7. The van der Waals surface area contributed by atoms with Gasteiger partial charge in [-0.05, 0) is 68.5 Å². The molecule has 2 amide bonds. The molecule has 10 heteroatoms. The van der Waals surface area contributed by atoms with Gasteiger partial charge in [-0.2, -0.15) is 5.10 Å². The van der Waals surface area contributed by atoms with E-state index in [2.05, 4.69) is 15.0 Å².